The number of hydrogen-bond donors (Lipinski definition) is 2. The van der Waals surface area contributed by atoms with Gasteiger partial charge in [0, 0.05) is 0 Å². The summed E-state index contributed by atoms with van der Waals surface area (Å²) in [6, 6.07) is 5.97. The first-order valence-electron chi connectivity index (χ1n) is 6.03. The van der Waals surface area contributed by atoms with Gasteiger partial charge in [-0.3, -0.25) is 4.79 Å². The van der Waals surface area contributed by atoms with Gasteiger partial charge in [0.25, 0.3) is 0 Å². The molecule has 3 nitrogen and oxygen atoms in total. The second-order valence-corrected chi connectivity index (χ2v) is 4.46. The van der Waals surface area contributed by atoms with Crippen molar-refractivity contribution in [1.82, 2.24) is 5.32 Å². The summed E-state index contributed by atoms with van der Waals surface area (Å²) < 4.78 is 0. The van der Waals surface area contributed by atoms with Crippen LogP contribution in [0.3, 0.4) is 0 Å². The zero-order chi connectivity index (χ0) is 12.8. The molecule has 0 unspecified atom stereocenters. The van der Waals surface area contributed by atoms with Crippen molar-refractivity contribution in [1.29, 1.82) is 0 Å². The van der Waals surface area contributed by atoms with Crippen molar-refractivity contribution in [2.45, 2.75) is 39.7 Å². The molecule has 0 aliphatic carbocycles. The van der Waals surface area contributed by atoms with Gasteiger partial charge >= 0.3 is 0 Å². The molecule has 0 aromatic heterocycles. The molecule has 1 aromatic rings. The Kier molecular flexibility index (Phi) is 5.16. The number of aryl methyl sites for hydroxylation is 2. The maximum Gasteiger partial charge on any atom is 0.224 e. The Hall–Kier alpha value is -1.35. The minimum Gasteiger partial charge on any atom is -0.394 e. The number of rotatable bonds is 5. The lowest BCUT2D eigenvalue weighted by Gasteiger charge is -2.14. The van der Waals surface area contributed by atoms with E-state index < -0.39 is 0 Å². The third-order valence-electron chi connectivity index (χ3n) is 2.93. The van der Waals surface area contributed by atoms with E-state index in [4.69, 9.17) is 5.11 Å². The molecule has 3 heteroatoms. The molecule has 0 fully saturated rings. The van der Waals surface area contributed by atoms with Crippen LogP contribution in [0.15, 0.2) is 18.2 Å². The summed E-state index contributed by atoms with van der Waals surface area (Å²) in [6.07, 6.45) is 1.12. The van der Waals surface area contributed by atoms with Gasteiger partial charge in [-0.25, -0.2) is 0 Å². The van der Waals surface area contributed by atoms with Gasteiger partial charge in [0.05, 0.1) is 19.1 Å². The molecule has 0 saturated carbocycles. The Balaban J connectivity index is 2.64. The Bertz CT molecular complexity index is 384. The van der Waals surface area contributed by atoms with Gasteiger partial charge in [0.1, 0.15) is 0 Å². The van der Waals surface area contributed by atoms with E-state index in [-0.39, 0.29) is 18.6 Å². The first kappa shape index (κ1) is 13.7. The molecule has 1 atom stereocenters. The third kappa shape index (κ3) is 4.19. The van der Waals surface area contributed by atoms with Crippen molar-refractivity contribution < 1.29 is 9.90 Å². The second kappa shape index (κ2) is 6.40. The van der Waals surface area contributed by atoms with E-state index in [9.17, 15) is 4.79 Å². The van der Waals surface area contributed by atoms with Crippen LogP contribution in [-0.4, -0.2) is 23.7 Å². The minimum atomic E-state index is -0.132. The highest BCUT2D eigenvalue weighted by Gasteiger charge is 2.10. The standard InChI is InChI=1S/C14H21NO2/c1-4-13(9-16)15-14(17)8-12-7-10(2)5-6-11(12)3/h5-7,13,16H,4,8-9H2,1-3H3,(H,15,17)/t13-/m1/s1. The summed E-state index contributed by atoms with van der Waals surface area (Å²) in [7, 11) is 0. The quantitative estimate of drug-likeness (QED) is 0.816. The van der Waals surface area contributed by atoms with E-state index in [1.165, 1.54) is 0 Å². The fraction of sp³-hybridized carbons (Fsp3) is 0.500. The predicted molar refractivity (Wildman–Crippen MR) is 68.9 cm³/mol. The molecule has 1 amide bonds. The van der Waals surface area contributed by atoms with Crippen LogP contribution in [0.25, 0.3) is 0 Å². The van der Waals surface area contributed by atoms with E-state index in [1.54, 1.807) is 0 Å². The Morgan fingerprint density at radius 1 is 1.41 bits per heavy atom. The Labute approximate surface area is 103 Å². The molecule has 17 heavy (non-hydrogen) atoms. The average molecular weight is 235 g/mol. The van der Waals surface area contributed by atoms with Crippen LogP contribution < -0.4 is 5.32 Å². The summed E-state index contributed by atoms with van der Waals surface area (Å²) in [4.78, 5) is 11.8. The molecular weight excluding hydrogens is 214 g/mol. The van der Waals surface area contributed by atoms with Gasteiger partial charge in [-0.2, -0.15) is 0 Å². The lowest BCUT2D eigenvalue weighted by atomic mass is 10.0. The summed E-state index contributed by atoms with van der Waals surface area (Å²) >= 11 is 0. The van der Waals surface area contributed by atoms with E-state index in [2.05, 4.69) is 5.32 Å². The van der Waals surface area contributed by atoms with Crippen molar-refractivity contribution in [3.05, 3.63) is 34.9 Å². The van der Waals surface area contributed by atoms with Crippen LogP contribution in [0, 0.1) is 13.8 Å². The number of aliphatic hydroxyl groups excluding tert-OH is 1. The molecule has 0 saturated heterocycles. The largest absolute Gasteiger partial charge is 0.394 e. The summed E-state index contributed by atoms with van der Waals surface area (Å²) in [6.45, 7) is 5.96. The zero-order valence-corrected chi connectivity index (χ0v) is 10.8. The van der Waals surface area contributed by atoms with Crippen molar-refractivity contribution in [3.63, 3.8) is 0 Å². The molecule has 1 aromatic carbocycles. The van der Waals surface area contributed by atoms with Crippen LogP contribution in [0.4, 0.5) is 0 Å². The van der Waals surface area contributed by atoms with Gasteiger partial charge in [-0.15, -0.1) is 0 Å². The van der Waals surface area contributed by atoms with Crippen molar-refractivity contribution in [3.8, 4) is 0 Å². The second-order valence-electron chi connectivity index (χ2n) is 4.46. The van der Waals surface area contributed by atoms with E-state index in [0.717, 1.165) is 23.1 Å². The number of nitrogens with one attached hydrogen (secondary N) is 1. The molecule has 0 radical (unpaired) electrons. The third-order valence-corrected chi connectivity index (χ3v) is 2.93. The summed E-state index contributed by atoms with van der Waals surface area (Å²) in [5, 5.41) is 11.8. The summed E-state index contributed by atoms with van der Waals surface area (Å²) in [5.41, 5.74) is 3.34. The highest BCUT2D eigenvalue weighted by atomic mass is 16.3. The van der Waals surface area contributed by atoms with Crippen LogP contribution in [-0.2, 0) is 11.2 Å². The number of benzene rings is 1. The maximum absolute atomic E-state index is 11.8. The van der Waals surface area contributed by atoms with Crippen LogP contribution in [0.5, 0.6) is 0 Å². The maximum atomic E-state index is 11.8. The Morgan fingerprint density at radius 3 is 2.71 bits per heavy atom. The van der Waals surface area contributed by atoms with Gasteiger partial charge < -0.3 is 10.4 Å². The fourth-order valence-corrected chi connectivity index (χ4v) is 1.72. The highest BCUT2D eigenvalue weighted by molar-refractivity contribution is 5.79. The SMILES string of the molecule is CC[C@H](CO)NC(=O)Cc1cc(C)ccc1C. The smallest absolute Gasteiger partial charge is 0.224 e. The van der Waals surface area contributed by atoms with Gasteiger partial charge in [-0.05, 0) is 31.4 Å². The average Bonchev–Trinajstić information content (AvgIpc) is 2.31. The Morgan fingerprint density at radius 2 is 2.12 bits per heavy atom. The predicted octanol–water partition coefficient (Wildman–Crippen LogP) is 1.73. The van der Waals surface area contributed by atoms with E-state index in [0.29, 0.717) is 6.42 Å². The number of amides is 1. The van der Waals surface area contributed by atoms with Crippen molar-refractivity contribution >= 4 is 5.91 Å². The van der Waals surface area contributed by atoms with E-state index in [1.807, 2.05) is 39.0 Å². The molecule has 0 bridgehead atoms. The molecule has 0 spiro atoms. The first-order valence-corrected chi connectivity index (χ1v) is 6.03. The molecular formula is C14H21NO2. The molecule has 0 aliphatic rings. The lowest BCUT2D eigenvalue weighted by Crippen LogP contribution is -2.37. The molecule has 1 rings (SSSR count). The topological polar surface area (TPSA) is 49.3 Å². The molecule has 2 N–H and O–H groups in total. The molecule has 94 valence electrons. The molecule has 0 aliphatic heterocycles. The van der Waals surface area contributed by atoms with Crippen LogP contribution >= 0.6 is 0 Å². The summed E-state index contributed by atoms with van der Waals surface area (Å²) in [5.74, 6) is -0.0281. The van der Waals surface area contributed by atoms with Gasteiger partial charge in [-0.1, -0.05) is 30.7 Å². The van der Waals surface area contributed by atoms with E-state index >= 15 is 0 Å². The first-order chi connectivity index (χ1) is 8.06. The van der Waals surface area contributed by atoms with Gasteiger partial charge in [0.15, 0.2) is 0 Å². The fourth-order valence-electron chi connectivity index (χ4n) is 1.72. The number of hydrogen-bond acceptors (Lipinski definition) is 2. The van der Waals surface area contributed by atoms with Crippen LogP contribution in [0.1, 0.15) is 30.0 Å². The van der Waals surface area contributed by atoms with Crippen molar-refractivity contribution in [2.24, 2.45) is 0 Å². The number of carbonyl (C=O) groups excluding carboxylic acids is 1. The normalized spacial score (nSPS) is 12.2. The highest BCUT2D eigenvalue weighted by Crippen LogP contribution is 2.11. The zero-order valence-electron chi connectivity index (χ0n) is 10.8. The van der Waals surface area contributed by atoms with Crippen LogP contribution in [0.2, 0.25) is 0 Å². The van der Waals surface area contributed by atoms with Gasteiger partial charge in [0.2, 0.25) is 5.91 Å². The molecule has 0 heterocycles. The number of carbonyl (C=O) groups is 1. The lowest BCUT2D eigenvalue weighted by molar-refractivity contribution is -0.121. The monoisotopic (exact) mass is 235 g/mol. The number of aliphatic hydroxyl groups is 1. The van der Waals surface area contributed by atoms with Crippen molar-refractivity contribution in [2.75, 3.05) is 6.61 Å². The minimum absolute atomic E-state index is 0.00492.